The molecule has 0 aliphatic rings. The molecule has 0 aliphatic carbocycles. The summed E-state index contributed by atoms with van der Waals surface area (Å²) in [5.41, 5.74) is -1.15. The average Bonchev–Trinajstić information content (AvgIpc) is 2.12. The SMILES string of the molecule is CN(C)CC(C)(COC(=S)N(C)C)[N+](=O)[O-]. The molecule has 0 heterocycles. The number of likely N-dealkylation sites (N-methyl/N-ethyl adjacent to an activating group) is 1. The summed E-state index contributed by atoms with van der Waals surface area (Å²) < 4.78 is 5.22. The first-order valence-electron chi connectivity index (χ1n) is 4.82. The van der Waals surface area contributed by atoms with Crippen molar-refractivity contribution in [2.24, 2.45) is 0 Å². The summed E-state index contributed by atoms with van der Waals surface area (Å²) in [7, 11) is 7.04. The van der Waals surface area contributed by atoms with Gasteiger partial charge in [0.05, 0.1) is 6.54 Å². The molecule has 0 saturated carbocycles. The molecule has 0 aliphatic heterocycles. The van der Waals surface area contributed by atoms with Crippen LogP contribution in [0.1, 0.15) is 6.92 Å². The minimum absolute atomic E-state index is 0.0325. The van der Waals surface area contributed by atoms with Gasteiger partial charge in [0.15, 0.2) is 6.61 Å². The van der Waals surface area contributed by atoms with E-state index in [1.807, 2.05) is 0 Å². The fraction of sp³-hybridized carbons (Fsp3) is 0.889. The van der Waals surface area contributed by atoms with E-state index in [2.05, 4.69) is 0 Å². The zero-order valence-electron chi connectivity index (χ0n) is 10.4. The molecule has 0 rings (SSSR count). The van der Waals surface area contributed by atoms with Crippen LogP contribution in [0.3, 0.4) is 0 Å². The third kappa shape index (κ3) is 4.71. The summed E-state index contributed by atoms with van der Waals surface area (Å²) in [5, 5.41) is 11.2. The van der Waals surface area contributed by atoms with Gasteiger partial charge in [-0.3, -0.25) is 10.1 Å². The predicted octanol–water partition coefficient (Wildman–Crippen LogP) is 0.447. The van der Waals surface area contributed by atoms with Crippen molar-refractivity contribution < 1.29 is 9.66 Å². The van der Waals surface area contributed by atoms with E-state index in [0.717, 1.165) is 0 Å². The van der Waals surface area contributed by atoms with E-state index in [-0.39, 0.29) is 16.7 Å². The van der Waals surface area contributed by atoms with Gasteiger partial charge in [-0.1, -0.05) is 0 Å². The fourth-order valence-electron chi connectivity index (χ4n) is 1.18. The second-order valence-corrected chi connectivity index (χ2v) is 4.79. The van der Waals surface area contributed by atoms with Gasteiger partial charge in [0.1, 0.15) is 0 Å². The number of nitro groups is 1. The predicted molar refractivity (Wildman–Crippen MR) is 66.2 cm³/mol. The summed E-state index contributed by atoms with van der Waals surface area (Å²) in [4.78, 5) is 14.0. The Bertz CT molecular complexity index is 271. The first kappa shape index (κ1) is 15.0. The molecule has 94 valence electrons. The summed E-state index contributed by atoms with van der Waals surface area (Å²) in [6.45, 7) is 1.82. The molecule has 0 radical (unpaired) electrons. The van der Waals surface area contributed by atoms with Crippen LogP contribution in [-0.4, -0.2) is 66.8 Å². The molecule has 6 nitrogen and oxygen atoms in total. The van der Waals surface area contributed by atoms with Gasteiger partial charge in [-0.2, -0.15) is 0 Å². The van der Waals surface area contributed by atoms with Crippen molar-refractivity contribution in [3.63, 3.8) is 0 Å². The van der Waals surface area contributed by atoms with Gasteiger partial charge in [0.2, 0.25) is 0 Å². The smallest absolute Gasteiger partial charge is 0.265 e. The van der Waals surface area contributed by atoms with E-state index in [0.29, 0.717) is 6.54 Å². The van der Waals surface area contributed by atoms with Gasteiger partial charge in [0, 0.05) is 25.9 Å². The van der Waals surface area contributed by atoms with Crippen LogP contribution in [0.25, 0.3) is 0 Å². The molecular weight excluding hydrogens is 230 g/mol. The van der Waals surface area contributed by atoms with Crippen LogP contribution < -0.4 is 0 Å². The van der Waals surface area contributed by atoms with Crippen LogP contribution in [0.15, 0.2) is 0 Å². The van der Waals surface area contributed by atoms with Crippen LogP contribution in [0.2, 0.25) is 0 Å². The lowest BCUT2D eigenvalue weighted by Gasteiger charge is -2.25. The van der Waals surface area contributed by atoms with Gasteiger partial charge < -0.3 is 14.5 Å². The molecule has 0 fully saturated rings. The molecule has 0 bridgehead atoms. The average molecular weight is 249 g/mol. The van der Waals surface area contributed by atoms with Gasteiger partial charge in [-0.15, -0.1) is 0 Å². The topological polar surface area (TPSA) is 58.8 Å². The van der Waals surface area contributed by atoms with Crippen LogP contribution >= 0.6 is 12.2 Å². The van der Waals surface area contributed by atoms with E-state index >= 15 is 0 Å². The first-order chi connectivity index (χ1) is 7.19. The number of rotatable bonds is 5. The lowest BCUT2D eigenvalue weighted by Crippen LogP contribution is -2.49. The maximum absolute atomic E-state index is 11.0. The Balaban J connectivity index is 4.46. The fourth-order valence-corrected chi connectivity index (χ4v) is 1.24. The molecule has 0 spiro atoms. The lowest BCUT2D eigenvalue weighted by molar-refractivity contribution is -0.568. The molecule has 7 heteroatoms. The molecule has 1 unspecified atom stereocenters. The number of nitrogens with zero attached hydrogens (tertiary/aromatic N) is 3. The summed E-state index contributed by atoms with van der Waals surface area (Å²) in [6.07, 6.45) is 0. The Morgan fingerprint density at radius 1 is 1.44 bits per heavy atom. The van der Waals surface area contributed by atoms with E-state index in [1.165, 1.54) is 0 Å². The Morgan fingerprint density at radius 3 is 2.25 bits per heavy atom. The molecule has 16 heavy (non-hydrogen) atoms. The van der Waals surface area contributed by atoms with E-state index < -0.39 is 5.54 Å². The number of hydrogen-bond donors (Lipinski definition) is 0. The molecule has 0 amide bonds. The second kappa shape index (κ2) is 5.95. The Kier molecular flexibility index (Phi) is 5.60. The lowest BCUT2D eigenvalue weighted by atomic mass is 10.1. The second-order valence-electron chi connectivity index (χ2n) is 4.44. The van der Waals surface area contributed by atoms with Crippen molar-refractivity contribution >= 4 is 17.4 Å². The van der Waals surface area contributed by atoms with Crippen molar-refractivity contribution in [3.8, 4) is 0 Å². The zero-order chi connectivity index (χ0) is 12.9. The van der Waals surface area contributed by atoms with Crippen molar-refractivity contribution in [3.05, 3.63) is 10.1 Å². The Labute approximate surface area is 101 Å². The van der Waals surface area contributed by atoms with Crippen molar-refractivity contribution in [1.29, 1.82) is 0 Å². The summed E-state index contributed by atoms with van der Waals surface area (Å²) in [6, 6.07) is 0. The largest absolute Gasteiger partial charge is 0.463 e. The van der Waals surface area contributed by atoms with Crippen molar-refractivity contribution in [2.45, 2.75) is 12.5 Å². The standard InChI is InChI=1S/C9H19N3O3S/c1-9(12(13)14,6-10(2)3)7-15-8(16)11(4)5/h6-7H2,1-5H3. The molecule has 0 N–H and O–H groups in total. The van der Waals surface area contributed by atoms with Crippen LogP contribution in [0, 0.1) is 10.1 Å². The zero-order valence-corrected chi connectivity index (χ0v) is 11.2. The minimum Gasteiger partial charge on any atom is -0.463 e. The Morgan fingerprint density at radius 2 is 1.94 bits per heavy atom. The molecule has 0 aromatic heterocycles. The van der Waals surface area contributed by atoms with E-state index in [9.17, 15) is 10.1 Å². The third-order valence-electron chi connectivity index (χ3n) is 1.97. The maximum Gasteiger partial charge on any atom is 0.265 e. The Hall–Kier alpha value is -0.950. The third-order valence-corrected chi connectivity index (χ3v) is 2.45. The quantitative estimate of drug-likeness (QED) is 0.400. The highest BCUT2D eigenvalue weighted by molar-refractivity contribution is 7.80. The van der Waals surface area contributed by atoms with E-state index in [1.54, 1.807) is 44.9 Å². The van der Waals surface area contributed by atoms with Gasteiger partial charge in [-0.25, -0.2) is 0 Å². The highest BCUT2D eigenvalue weighted by Crippen LogP contribution is 2.11. The number of thiocarbonyl (C=S) groups is 1. The molecule has 0 aromatic rings. The van der Waals surface area contributed by atoms with Crippen LogP contribution in [-0.2, 0) is 4.74 Å². The number of hydrogen-bond acceptors (Lipinski definition) is 5. The first-order valence-corrected chi connectivity index (χ1v) is 5.23. The monoisotopic (exact) mass is 249 g/mol. The minimum atomic E-state index is -1.15. The number of ether oxygens (including phenoxy) is 1. The van der Waals surface area contributed by atoms with Crippen molar-refractivity contribution in [2.75, 3.05) is 41.3 Å². The van der Waals surface area contributed by atoms with Crippen LogP contribution in [0.4, 0.5) is 0 Å². The highest BCUT2D eigenvalue weighted by Gasteiger charge is 2.39. The van der Waals surface area contributed by atoms with E-state index in [4.69, 9.17) is 17.0 Å². The van der Waals surface area contributed by atoms with Gasteiger partial charge in [-0.05, 0) is 26.3 Å². The highest BCUT2D eigenvalue weighted by atomic mass is 32.1. The van der Waals surface area contributed by atoms with Gasteiger partial charge in [0.25, 0.3) is 10.7 Å². The molecule has 0 aromatic carbocycles. The summed E-state index contributed by atoms with van der Waals surface area (Å²) in [5.74, 6) is 0. The maximum atomic E-state index is 11.0. The summed E-state index contributed by atoms with van der Waals surface area (Å²) >= 11 is 4.91. The van der Waals surface area contributed by atoms with Crippen molar-refractivity contribution in [1.82, 2.24) is 9.80 Å². The molecule has 1 atom stereocenters. The molecule has 0 saturated heterocycles. The van der Waals surface area contributed by atoms with Crippen LogP contribution in [0.5, 0.6) is 0 Å². The van der Waals surface area contributed by atoms with Gasteiger partial charge >= 0.3 is 0 Å². The normalized spacial score (nSPS) is 14.4. The molecular formula is C9H19N3O3S.